The normalized spacial score (nSPS) is 31.6. The quantitative estimate of drug-likeness (QED) is 0.643. The molecule has 4 rings (SSSR count). The van der Waals surface area contributed by atoms with Gasteiger partial charge in [-0.3, -0.25) is 9.69 Å². The molecule has 31 heavy (non-hydrogen) atoms. The van der Waals surface area contributed by atoms with E-state index >= 15 is 0 Å². The van der Waals surface area contributed by atoms with Crippen LogP contribution in [0.15, 0.2) is 24.3 Å². The minimum atomic E-state index is -1.03. The first-order valence-corrected chi connectivity index (χ1v) is 11.9. The fraction of sp³-hybridized carbons (Fsp3) is 0.652. The van der Waals surface area contributed by atoms with Crippen LogP contribution in [0.4, 0.5) is 0 Å². The van der Waals surface area contributed by atoms with Crippen LogP contribution in [-0.2, 0) is 20.7 Å². The number of ether oxygens (including phenoxy) is 2. The number of carboxylic acids is 1. The van der Waals surface area contributed by atoms with Crippen molar-refractivity contribution in [3.8, 4) is 5.75 Å². The number of hydrogen-bond acceptors (Lipinski definition) is 7. The summed E-state index contributed by atoms with van der Waals surface area (Å²) in [6.07, 6.45) is 4.32. The number of fused-ring (bicyclic) bond motifs is 1. The maximum absolute atomic E-state index is 12.5. The Morgan fingerprint density at radius 1 is 1.26 bits per heavy atom. The average molecular weight is 448 g/mol. The molecule has 1 N–H and O–H groups in total. The number of nitrogens with one attached hydrogen (secondary N) is 1. The fourth-order valence-electron chi connectivity index (χ4n) is 4.97. The minimum Gasteiger partial charge on any atom is -0.548 e. The van der Waals surface area contributed by atoms with Crippen molar-refractivity contribution in [2.75, 3.05) is 13.7 Å². The summed E-state index contributed by atoms with van der Waals surface area (Å²) < 4.78 is 10.9. The Kier molecular flexibility index (Phi) is 6.51. The number of thioether (sulfide) groups is 1. The summed E-state index contributed by atoms with van der Waals surface area (Å²) in [5, 5.41) is 14.6. The molecule has 1 aromatic carbocycles. The van der Waals surface area contributed by atoms with Crippen LogP contribution in [0.25, 0.3) is 0 Å². The van der Waals surface area contributed by atoms with Crippen LogP contribution in [0.2, 0.25) is 0 Å². The van der Waals surface area contributed by atoms with E-state index in [0.717, 1.165) is 25.0 Å². The van der Waals surface area contributed by atoms with E-state index in [1.807, 2.05) is 30.9 Å². The summed E-state index contributed by atoms with van der Waals surface area (Å²) >= 11 is 1.61. The molecule has 3 aliphatic rings. The Balaban J connectivity index is 1.18. The lowest BCUT2D eigenvalue weighted by Gasteiger charge is -2.46. The van der Waals surface area contributed by atoms with Gasteiger partial charge < -0.3 is 24.7 Å². The van der Waals surface area contributed by atoms with E-state index in [4.69, 9.17) is 9.47 Å². The van der Waals surface area contributed by atoms with E-state index < -0.39 is 16.8 Å². The van der Waals surface area contributed by atoms with Crippen molar-refractivity contribution >= 4 is 23.6 Å². The number of carbonyl (C=O) groups is 2. The second kappa shape index (κ2) is 9.00. The highest BCUT2D eigenvalue weighted by Gasteiger charge is 2.56. The molecule has 0 aliphatic carbocycles. The minimum absolute atomic E-state index is 0.00607. The number of amides is 1. The van der Waals surface area contributed by atoms with Crippen LogP contribution in [-0.4, -0.2) is 64.8 Å². The smallest absolute Gasteiger partial charge is 0.220 e. The number of benzene rings is 1. The molecule has 1 aromatic rings. The third kappa shape index (κ3) is 4.86. The molecule has 0 saturated carbocycles. The van der Waals surface area contributed by atoms with E-state index in [1.165, 1.54) is 5.56 Å². The van der Waals surface area contributed by atoms with Crippen molar-refractivity contribution < 1.29 is 24.2 Å². The zero-order valence-corrected chi connectivity index (χ0v) is 19.2. The third-order valence-electron chi connectivity index (χ3n) is 6.57. The highest BCUT2D eigenvalue weighted by atomic mass is 32.2. The molecule has 0 bridgehead atoms. The fourth-order valence-corrected chi connectivity index (χ4v) is 6.61. The molecule has 0 aromatic heterocycles. The maximum atomic E-state index is 12.5. The molecule has 3 saturated heterocycles. The highest BCUT2D eigenvalue weighted by molar-refractivity contribution is 8.01. The highest BCUT2D eigenvalue weighted by Crippen LogP contribution is 2.49. The molecule has 8 heteroatoms. The Morgan fingerprint density at radius 2 is 1.97 bits per heavy atom. The van der Waals surface area contributed by atoms with Gasteiger partial charge in [-0.1, -0.05) is 12.1 Å². The lowest BCUT2D eigenvalue weighted by atomic mass is 9.96. The second-order valence-electron chi connectivity index (χ2n) is 9.25. The van der Waals surface area contributed by atoms with Crippen molar-refractivity contribution in [1.29, 1.82) is 0 Å². The van der Waals surface area contributed by atoms with Crippen LogP contribution >= 0.6 is 11.8 Å². The molecule has 3 aliphatic heterocycles. The average Bonchev–Trinajstić information content (AvgIpc) is 3.25. The van der Waals surface area contributed by atoms with E-state index in [9.17, 15) is 14.7 Å². The van der Waals surface area contributed by atoms with Crippen LogP contribution in [0.1, 0.15) is 45.1 Å². The Morgan fingerprint density at radius 3 is 2.65 bits per heavy atom. The molecule has 3 heterocycles. The van der Waals surface area contributed by atoms with Gasteiger partial charge in [0.1, 0.15) is 5.75 Å². The third-order valence-corrected chi connectivity index (χ3v) is 8.25. The van der Waals surface area contributed by atoms with Crippen LogP contribution in [0.3, 0.4) is 0 Å². The molecule has 5 atom stereocenters. The number of aliphatic carboxylic acids is 1. The lowest BCUT2D eigenvalue weighted by molar-refractivity contribution is -0.313. The molecular weight excluding hydrogens is 416 g/mol. The largest absolute Gasteiger partial charge is 0.548 e. The van der Waals surface area contributed by atoms with E-state index in [0.29, 0.717) is 19.4 Å². The van der Waals surface area contributed by atoms with Crippen molar-refractivity contribution in [1.82, 2.24) is 10.2 Å². The van der Waals surface area contributed by atoms with Crippen LogP contribution in [0.5, 0.6) is 5.75 Å². The summed E-state index contributed by atoms with van der Waals surface area (Å²) in [5.41, 5.74) is 1.23. The molecule has 3 unspecified atom stereocenters. The number of hydrogen-bond donors (Lipinski definition) is 1. The number of carbonyl (C=O) groups excluding carboxylic acids is 2. The summed E-state index contributed by atoms with van der Waals surface area (Å²) in [6.45, 7) is 4.42. The van der Waals surface area contributed by atoms with Crippen LogP contribution in [0, 0.1) is 0 Å². The number of rotatable bonds is 8. The maximum Gasteiger partial charge on any atom is 0.220 e. The number of methoxy groups -OCH3 is 1. The molecule has 170 valence electrons. The Hall–Kier alpha value is -1.77. The first-order valence-electron chi connectivity index (χ1n) is 11.0. The molecule has 0 radical (unpaired) electrons. The van der Waals surface area contributed by atoms with Crippen molar-refractivity contribution in [3.63, 3.8) is 0 Å². The lowest BCUT2D eigenvalue weighted by Crippen LogP contribution is -2.68. The summed E-state index contributed by atoms with van der Waals surface area (Å²) in [4.78, 5) is 25.9. The van der Waals surface area contributed by atoms with Gasteiger partial charge in [-0.05, 0) is 57.2 Å². The predicted octanol–water partition coefficient (Wildman–Crippen LogP) is 1.34. The topological polar surface area (TPSA) is 90.9 Å². The van der Waals surface area contributed by atoms with Crippen LogP contribution < -0.4 is 15.2 Å². The summed E-state index contributed by atoms with van der Waals surface area (Å²) in [7, 11) is 1.66. The van der Waals surface area contributed by atoms with Gasteiger partial charge in [0, 0.05) is 17.7 Å². The molecule has 3 fully saturated rings. The monoisotopic (exact) mass is 447 g/mol. The van der Waals surface area contributed by atoms with E-state index in [-0.39, 0.29) is 29.5 Å². The van der Waals surface area contributed by atoms with Crippen molar-refractivity contribution in [3.05, 3.63) is 29.8 Å². The predicted molar refractivity (Wildman–Crippen MR) is 117 cm³/mol. The molecule has 7 nitrogen and oxygen atoms in total. The molecule has 0 spiro atoms. The molecular formula is C23H31N2O5S-. The van der Waals surface area contributed by atoms with Gasteiger partial charge in [-0.2, -0.15) is 0 Å². The van der Waals surface area contributed by atoms with E-state index in [1.54, 1.807) is 18.9 Å². The first-order chi connectivity index (χ1) is 14.8. The van der Waals surface area contributed by atoms with Gasteiger partial charge in [0.25, 0.3) is 0 Å². The van der Waals surface area contributed by atoms with Gasteiger partial charge in [0.2, 0.25) is 5.91 Å². The summed E-state index contributed by atoms with van der Waals surface area (Å²) in [6, 6.07) is 7.45. The van der Waals surface area contributed by atoms with Crippen molar-refractivity contribution in [2.24, 2.45) is 0 Å². The zero-order chi connectivity index (χ0) is 22.2. The standard InChI is InChI=1S/C23H32N2O5S/c1-23(2)20(22(27)28)25-13-18(21(25)31-23)24-19(26)11-10-16-8-9-17(30-16)12-14-4-6-15(29-3)7-5-14/h4-7,16-18,20-21H,8-13H2,1-3H3,(H,24,26)(H,27,28)/p-1/t16?,17?,18-,20?,21-/m1/s1. The number of nitrogens with zero attached hydrogens (tertiary/aromatic N) is 1. The van der Waals surface area contributed by atoms with E-state index in [2.05, 4.69) is 17.4 Å². The van der Waals surface area contributed by atoms with Gasteiger partial charge >= 0.3 is 0 Å². The Bertz CT molecular complexity index is 815. The van der Waals surface area contributed by atoms with Gasteiger partial charge in [0.15, 0.2) is 0 Å². The Labute approximate surface area is 187 Å². The van der Waals surface area contributed by atoms with Gasteiger partial charge in [0.05, 0.1) is 42.7 Å². The first kappa shape index (κ1) is 22.4. The molecule has 1 amide bonds. The summed E-state index contributed by atoms with van der Waals surface area (Å²) in [5.74, 6) is -0.168. The second-order valence-corrected chi connectivity index (χ2v) is 11.0. The van der Waals surface area contributed by atoms with Gasteiger partial charge in [-0.15, -0.1) is 11.8 Å². The van der Waals surface area contributed by atoms with Gasteiger partial charge in [-0.25, -0.2) is 0 Å². The number of carboxylic acid groups (broad SMARTS) is 1. The SMILES string of the molecule is COc1ccc(CC2CCC(CCC(=O)N[C@@H]3CN4C(C(=O)[O-])C(C)(C)S[C@H]34)O2)cc1. The zero-order valence-electron chi connectivity index (χ0n) is 18.3. The van der Waals surface area contributed by atoms with Crippen molar-refractivity contribution in [2.45, 2.75) is 80.4 Å².